The maximum Gasteiger partial charge on any atom is 0.350 e. The van der Waals surface area contributed by atoms with Crippen LogP contribution in [0.5, 0.6) is 11.5 Å². The van der Waals surface area contributed by atoms with Crippen LogP contribution in [0.2, 0.25) is 0 Å². The van der Waals surface area contributed by atoms with Gasteiger partial charge in [-0.15, -0.1) is 0 Å². The number of hydrogen-bond donors (Lipinski definition) is 1. The minimum atomic E-state index is -0.998. The van der Waals surface area contributed by atoms with Crippen molar-refractivity contribution in [2.75, 3.05) is 18.6 Å². The number of thiazole rings is 1. The summed E-state index contributed by atoms with van der Waals surface area (Å²) in [4.78, 5) is 45.4. The van der Waals surface area contributed by atoms with E-state index in [4.69, 9.17) is 14.2 Å². The van der Waals surface area contributed by atoms with Crippen LogP contribution in [0.1, 0.15) is 45.0 Å². The van der Waals surface area contributed by atoms with Crippen LogP contribution >= 0.6 is 11.3 Å². The van der Waals surface area contributed by atoms with Gasteiger partial charge >= 0.3 is 11.9 Å². The topological polar surface area (TPSA) is 115 Å². The van der Waals surface area contributed by atoms with E-state index in [1.807, 2.05) is 6.92 Å². The first-order valence-electron chi connectivity index (χ1n) is 12.2. The predicted octanol–water partition coefficient (Wildman–Crippen LogP) is 4.75. The number of fused-ring (bicyclic) bond motifs is 1. The molecule has 3 aromatic rings. The van der Waals surface area contributed by atoms with Gasteiger partial charge in [-0.1, -0.05) is 36.1 Å². The molecule has 1 amide bonds. The second-order valence-corrected chi connectivity index (χ2v) is 10.2. The minimum Gasteiger partial charge on any atom is -0.507 e. The number of aliphatic hydroxyl groups excluding tert-OH is 1. The van der Waals surface area contributed by atoms with Gasteiger partial charge in [-0.2, -0.15) is 0 Å². The zero-order valence-corrected chi connectivity index (χ0v) is 22.4. The fraction of sp³-hybridized carbons (Fsp3) is 0.241. The first kappa shape index (κ1) is 26.2. The molecular weight excluding hydrogens is 520 g/mol. The standard InChI is InChI=1S/C29H26N2O7S/c1-5-12-37-28(35)26-16(3)30-29(39-26)31-23(17-6-9-20(36-4)10-7-17)22(25(33)27(31)34)24(32)18-8-11-21-19(14-18)13-15(2)38-21/h5-11,14-15,23,32H,1,12-13H2,2-4H3/t15-,23-/m0/s1. The van der Waals surface area contributed by atoms with E-state index in [1.165, 1.54) is 18.1 Å². The molecule has 10 heteroatoms. The molecule has 0 bridgehead atoms. The number of carbonyl (C=O) groups is 3. The van der Waals surface area contributed by atoms with Crippen molar-refractivity contribution in [3.63, 3.8) is 0 Å². The highest BCUT2D eigenvalue weighted by Crippen LogP contribution is 2.44. The Balaban J connectivity index is 1.64. The highest BCUT2D eigenvalue weighted by Gasteiger charge is 2.48. The Hall–Kier alpha value is -4.44. The van der Waals surface area contributed by atoms with Crippen molar-refractivity contribution in [2.45, 2.75) is 32.4 Å². The molecule has 1 aromatic heterocycles. The van der Waals surface area contributed by atoms with Gasteiger partial charge in [0.1, 0.15) is 34.8 Å². The normalized spacial score (nSPS) is 19.5. The Bertz CT molecular complexity index is 1520. The van der Waals surface area contributed by atoms with Crippen molar-refractivity contribution >= 4 is 39.9 Å². The summed E-state index contributed by atoms with van der Waals surface area (Å²) in [7, 11) is 1.53. The molecule has 5 rings (SSSR count). The third-order valence-electron chi connectivity index (χ3n) is 6.55. The molecule has 200 valence electrons. The molecule has 39 heavy (non-hydrogen) atoms. The SMILES string of the molecule is C=CCOC(=O)c1sc(N2C(=O)C(=O)C(=C(O)c3ccc4c(c3)C[C@H](C)O4)[C@@H]2c2ccc(OC)cc2)nc1C. The quantitative estimate of drug-likeness (QED) is 0.148. The van der Waals surface area contributed by atoms with Crippen LogP contribution < -0.4 is 14.4 Å². The average molecular weight is 547 g/mol. The highest BCUT2D eigenvalue weighted by molar-refractivity contribution is 7.17. The average Bonchev–Trinajstić information content (AvgIpc) is 3.58. The van der Waals surface area contributed by atoms with Crippen LogP contribution in [0.15, 0.2) is 60.7 Å². The number of amides is 1. The molecule has 1 fully saturated rings. The summed E-state index contributed by atoms with van der Waals surface area (Å²) in [6, 6.07) is 11.0. The van der Waals surface area contributed by atoms with Gasteiger partial charge in [0.15, 0.2) is 5.13 Å². The van der Waals surface area contributed by atoms with Crippen molar-refractivity contribution in [3.8, 4) is 11.5 Å². The number of ketones is 1. The fourth-order valence-electron chi connectivity index (χ4n) is 4.73. The molecule has 0 radical (unpaired) electrons. The molecule has 0 saturated carbocycles. The van der Waals surface area contributed by atoms with E-state index >= 15 is 0 Å². The van der Waals surface area contributed by atoms with Crippen LogP contribution in [0, 0.1) is 6.92 Å². The molecule has 0 aliphatic carbocycles. The molecular formula is C29H26N2O7S. The molecule has 2 aliphatic heterocycles. The van der Waals surface area contributed by atoms with E-state index < -0.39 is 23.7 Å². The Labute approximate surface area is 229 Å². The molecule has 3 heterocycles. The van der Waals surface area contributed by atoms with Gasteiger partial charge in [0.05, 0.1) is 24.4 Å². The summed E-state index contributed by atoms with van der Waals surface area (Å²) in [5, 5.41) is 11.6. The maximum absolute atomic E-state index is 13.5. The third-order valence-corrected chi connectivity index (χ3v) is 7.69. The first-order chi connectivity index (χ1) is 18.7. The largest absolute Gasteiger partial charge is 0.507 e. The first-order valence-corrected chi connectivity index (χ1v) is 13.1. The van der Waals surface area contributed by atoms with Crippen LogP contribution in [0.4, 0.5) is 5.13 Å². The number of methoxy groups -OCH3 is 1. The van der Waals surface area contributed by atoms with E-state index in [0.29, 0.717) is 29.0 Å². The van der Waals surface area contributed by atoms with Crippen molar-refractivity contribution < 1.29 is 33.7 Å². The number of esters is 1. The van der Waals surface area contributed by atoms with Gasteiger partial charge in [0.2, 0.25) is 0 Å². The summed E-state index contributed by atoms with van der Waals surface area (Å²) in [5.74, 6) is -1.33. The van der Waals surface area contributed by atoms with E-state index in [1.54, 1.807) is 49.4 Å². The second-order valence-electron chi connectivity index (χ2n) is 9.20. The van der Waals surface area contributed by atoms with Crippen LogP contribution in [-0.2, 0) is 20.7 Å². The number of ether oxygens (including phenoxy) is 3. The number of benzene rings is 2. The van der Waals surface area contributed by atoms with Crippen molar-refractivity contribution in [2.24, 2.45) is 0 Å². The van der Waals surface area contributed by atoms with Gasteiger partial charge in [0.25, 0.3) is 5.78 Å². The lowest BCUT2D eigenvalue weighted by Crippen LogP contribution is -2.29. The van der Waals surface area contributed by atoms with Gasteiger partial charge in [-0.25, -0.2) is 9.78 Å². The molecule has 1 saturated heterocycles. The van der Waals surface area contributed by atoms with Crippen molar-refractivity contribution in [1.82, 2.24) is 4.98 Å². The molecule has 2 aromatic carbocycles. The molecule has 2 aliphatic rings. The van der Waals surface area contributed by atoms with Crippen molar-refractivity contribution in [3.05, 3.63) is 88.0 Å². The lowest BCUT2D eigenvalue weighted by atomic mass is 9.94. The monoisotopic (exact) mass is 546 g/mol. The second kappa shape index (κ2) is 10.4. The van der Waals surface area contributed by atoms with Gasteiger partial charge in [-0.05, 0) is 55.3 Å². The molecule has 9 nitrogen and oxygen atoms in total. The predicted molar refractivity (Wildman–Crippen MR) is 145 cm³/mol. The third kappa shape index (κ3) is 4.67. The van der Waals surface area contributed by atoms with Gasteiger partial charge in [0, 0.05) is 12.0 Å². The van der Waals surface area contributed by atoms with E-state index in [0.717, 1.165) is 22.6 Å². The van der Waals surface area contributed by atoms with Crippen LogP contribution in [0.3, 0.4) is 0 Å². The number of aliphatic hydroxyl groups is 1. The fourth-order valence-corrected chi connectivity index (χ4v) is 5.72. The molecule has 2 atom stereocenters. The number of nitrogens with zero attached hydrogens (tertiary/aromatic N) is 2. The summed E-state index contributed by atoms with van der Waals surface area (Å²) in [5.41, 5.74) is 2.12. The van der Waals surface area contributed by atoms with E-state index in [2.05, 4.69) is 11.6 Å². The molecule has 0 spiro atoms. The summed E-state index contributed by atoms with van der Waals surface area (Å²) in [6.45, 7) is 7.13. The zero-order chi connectivity index (χ0) is 27.8. The summed E-state index contributed by atoms with van der Waals surface area (Å²) >= 11 is 0.941. The van der Waals surface area contributed by atoms with Gasteiger partial charge < -0.3 is 19.3 Å². The van der Waals surface area contributed by atoms with E-state index in [-0.39, 0.29) is 34.1 Å². The smallest absolute Gasteiger partial charge is 0.350 e. The van der Waals surface area contributed by atoms with Crippen LogP contribution in [0.25, 0.3) is 5.76 Å². The summed E-state index contributed by atoms with van der Waals surface area (Å²) in [6.07, 6.45) is 2.11. The van der Waals surface area contributed by atoms with Crippen molar-refractivity contribution in [1.29, 1.82) is 0 Å². The van der Waals surface area contributed by atoms with Gasteiger partial charge in [-0.3, -0.25) is 14.5 Å². The molecule has 0 unspecified atom stereocenters. The number of hydrogen-bond acceptors (Lipinski definition) is 9. The lowest BCUT2D eigenvalue weighted by Gasteiger charge is -2.23. The number of carbonyl (C=O) groups excluding carboxylic acids is 3. The number of aromatic nitrogens is 1. The van der Waals surface area contributed by atoms with E-state index in [9.17, 15) is 19.5 Å². The molecule has 1 N–H and O–H groups in total. The number of Topliss-reactive ketones (excluding diaryl/α,β-unsaturated/α-hetero) is 1. The zero-order valence-electron chi connectivity index (χ0n) is 21.6. The Kier molecular flexibility index (Phi) is 6.96. The Morgan fingerprint density at radius 3 is 2.69 bits per heavy atom. The number of anilines is 1. The maximum atomic E-state index is 13.5. The number of aryl methyl sites for hydroxylation is 1. The Morgan fingerprint density at radius 1 is 1.26 bits per heavy atom. The number of rotatable bonds is 7. The summed E-state index contributed by atoms with van der Waals surface area (Å²) < 4.78 is 16.2. The highest BCUT2D eigenvalue weighted by atomic mass is 32.1. The lowest BCUT2D eigenvalue weighted by molar-refractivity contribution is -0.132. The Morgan fingerprint density at radius 2 is 2.00 bits per heavy atom. The minimum absolute atomic E-state index is 0.00258. The van der Waals surface area contributed by atoms with Crippen LogP contribution in [-0.4, -0.2) is 47.6 Å².